The van der Waals surface area contributed by atoms with Crippen molar-refractivity contribution in [3.8, 4) is 6.07 Å². The molecule has 3 rings (SSSR count). The fraction of sp³-hybridized carbons (Fsp3) is 0.556. The summed E-state index contributed by atoms with van der Waals surface area (Å²) in [4.78, 5) is 15.9. The zero-order chi connectivity index (χ0) is 21.3. The van der Waals surface area contributed by atoms with Crippen LogP contribution in [0.2, 0.25) is 0 Å². The molecule has 29 heavy (non-hydrogen) atoms. The third-order valence-corrected chi connectivity index (χ3v) is 4.90. The molecule has 2 aromatic rings. The number of aliphatic hydroxyl groups is 2. The van der Waals surface area contributed by atoms with Crippen LogP contribution in [0.25, 0.3) is 5.52 Å². The van der Waals surface area contributed by atoms with Gasteiger partial charge in [0.2, 0.25) is 5.60 Å². The molecule has 1 aliphatic heterocycles. The van der Waals surface area contributed by atoms with E-state index in [0.29, 0.717) is 11.9 Å². The first-order valence-corrected chi connectivity index (χ1v) is 9.17. The van der Waals surface area contributed by atoms with E-state index in [1.807, 2.05) is 19.9 Å². The number of ether oxygens (including phenoxy) is 2. The summed E-state index contributed by atoms with van der Waals surface area (Å²) in [5, 5.41) is 34.9. The Labute approximate surface area is 166 Å². The molecule has 0 aromatic carbocycles. The average molecular weight is 404 g/mol. The number of aromatic nitrogens is 3. The monoisotopic (exact) mass is 404 g/mol. The fourth-order valence-electron chi connectivity index (χ4n) is 3.43. The second-order valence-electron chi connectivity index (χ2n) is 7.47. The van der Waals surface area contributed by atoms with Crippen LogP contribution in [0, 0.1) is 17.2 Å². The van der Waals surface area contributed by atoms with Crippen molar-refractivity contribution in [1.29, 1.82) is 5.26 Å². The molecule has 2 aromatic heterocycles. The number of hydrogen-bond donors (Lipinski definition) is 4. The maximum Gasteiger partial charge on any atom is 0.323 e. The summed E-state index contributed by atoms with van der Waals surface area (Å²) in [5.74, 6) is -0.264. The van der Waals surface area contributed by atoms with E-state index in [-0.39, 0.29) is 24.0 Å². The van der Waals surface area contributed by atoms with Crippen molar-refractivity contribution in [2.24, 2.45) is 11.7 Å². The highest BCUT2D eigenvalue weighted by Crippen LogP contribution is 2.40. The molecule has 1 fully saturated rings. The SMILES string of the molecule is CC(C)C[C@H](N)C(=O)OC[C@H]1O[C@@](C#N)(c2ccc3c(N)ncnn23)[C@H](O)[C@@H]1O. The molecule has 5 atom stereocenters. The van der Waals surface area contributed by atoms with E-state index in [1.165, 1.54) is 16.9 Å². The number of anilines is 1. The zero-order valence-electron chi connectivity index (χ0n) is 16.1. The zero-order valence-corrected chi connectivity index (χ0v) is 16.1. The molecule has 0 unspecified atom stereocenters. The molecule has 0 radical (unpaired) electrons. The van der Waals surface area contributed by atoms with Gasteiger partial charge in [-0.2, -0.15) is 10.4 Å². The van der Waals surface area contributed by atoms with Gasteiger partial charge in [0.15, 0.2) is 5.82 Å². The van der Waals surface area contributed by atoms with E-state index in [2.05, 4.69) is 10.1 Å². The van der Waals surface area contributed by atoms with Gasteiger partial charge in [-0.15, -0.1) is 0 Å². The van der Waals surface area contributed by atoms with Gasteiger partial charge in [-0.25, -0.2) is 9.50 Å². The van der Waals surface area contributed by atoms with Gasteiger partial charge in [0.1, 0.15) is 48.9 Å². The van der Waals surface area contributed by atoms with E-state index < -0.39 is 35.9 Å². The van der Waals surface area contributed by atoms with Gasteiger partial charge in [-0.3, -0.25) is 4.79 Å². The third-order valence-electron chi connectivity index (χ3n) is 4.90. The first-order valence-electron chi connectivity index (χ1n) is 9.17. The highest BCUT2D eigenvalue weighted by Gasteiger charge is 2.57. The molecule has 3 heterocycles. The van der Waals surface area contributed by atoms with Gasteiger partial charge in [0.05, 0.1) is 5.69 Å². The number of nitrogen functional groups attached to an aromatic ring is 1. The Kier molecular flexibility index (Phi) is 5.72. The van der Waals surface area contributed by atoms with Gasteiger partial charge in [-0.05, 0) is 24.5 Å². The van der Waals surface area contributed by atoms with Crippen LogP contribution in [0.5, 0.6) is 0 Å². The van der Waals surface area contributed by atoms with Gasteiger partial charge in [0, 0.05) is 0 Å². The molecule has 156 valence electrons. The lowest BCUT2D eigenvalue weighted by Crippen LogP contribution is -2.41. The predicted molar refractivity (Wildman–Crippen MR) is 100.0 cm³/mol. The lowest BCUT2D eigenvalue weighted by molar-refractivity contribution is -0.152. The minimum atomic E-state index is -1.94. The van der Waals surface area contributed by atoms with E-state index in [1.54, 1.807) is 6.07 Å². The summed E-state index contributed by atoms with van der Waals surface area (Å²) in [6, 6.07) is 4.19. The molecular weight excluding hydrogens is 380 g/mol. The average Bonchev–Trinajstić information content (AvgIpc) is 3.21. The van der Waals surface area contributed by atoms with Crippen molar-refractivity contribution in [1.82, 2.24) is 14.6 Å². The second kappa shape index (κ2) is 7.92. The summed E-state index contributed by atoms with van der Waals surface area (Å²) >= 11 is 0. The molecule has 0 saturated carbocycles. The fourth-order valence-corrected chi connectivity index (χ4v) is 3.43. The molecule has 11 heteroatoms. The van der Waals surface area contributed by atoms with Crippen LogP contribution in [0.3, 0.4) is 0 Å². The van der Waals surface area contributed by atoms with Crippen LogP contribution >= 0.6 is 0 Å². The smallest absolute Gasteiger partial charge is 0.323 e. The number of rotatable bonds is 6. The Morgan fingerprint density at radius 3 is 2.86 bits per heavy atom. The van der Waals surface area contributed by atoms with E-state index in [4.69, 9.17) is 20.9 Å². The topological polar surface area (TPSA) is 182 Å². The minimum Gasteiger partial charge on any atom is -0.462 e. The number of carbonyl (C=O) groups is 1. The number of nitrogens with two attached hydrogens (primary N) is 2. The van der Waals surface area contributed by atoms with Crippen molar-refractivity contribution < 1.29 is 24.5 Å². The van der Waals surface area contributed by atoms with Crippen LogP contribution < -0.4 is 11.5 Å². The molecule has 1 aliphatic rings. The van der Waals surface area contributed by atoms with Gasteiger partial charge < -0.3 is 31.2 Å². The number of nitriles is 1. The Morgan fingerprint density at radius 2 is 2.21 bits per heavy atom. The number of hydrogen-bond acceptors (Lipinski definition) is 10. The third kappa shape index (κ3) is 3.63. The highest BCUT2D eigenvalue weighted by molar-refractivity contribution is 5.75. The maximum absolute atomic E-state index is 12.0. The minimum absolute atomic E-state index is 0.168. The number of aliphatic hydroxyl groups excluding tert-OH is 2. The Morgan fingerprint density at radius 1 is 1.48 bits per heavy atom. The summed E-state index contributed by atoms with van der Waals surface area (Å²) in [7, 11) is 0. The van der Waals surface area contributed by atoms with Gasteiger partial charge in [0.25, 0.3) is 0 Å². The normalized spacial score (nSPS) is 27.8. The van der Waals surface area contributed by atoms with Crippen molar-refractivity contribution in [3.63, 3.8) is 0 Å². The second-order valence-corrected chi connectivity index (χ2v) is 7.47. The first kappa shape index (κ1) is 20.9. The molecule has 0 amide bonds. The van der Waals surface area contributed by atoms with E-state index >= 15 is 0 Å². The van der Waals surface area contributed by atoms with Crippen LogP contribution in [-0.4, -0.2) is 61.7 Å². The lowest BCUT2D eigenvalue weighted by atomic mass is 9.92. The van der Waals surface area contributed by atoms with Crippen molar-refractivity contribution in [2.75, 3.05) is 12.3 Å². The summed E-state index contributed by atoms with van der Waals surface area (Å²) in [6.07, 6.45) is -2.59. The molecular formula is C18H24N6O5. The van der Waals surface area contributed by atoms with E-state index in [9.17, 15) is 20.3 Å². The Bertz CT molecular complexity index is 940. The van der Waals surface area contributed by atoms with Crippen LogP contribution in [0.15, 0.2) is 18.5 Å². The van der Waals surface area contributed by atoms with Crippen LogP contribution in [0.1, 0.15) is 26.0 Å². The number of nitrogens with zero attached hydrogens (tertiary/aromatic N) is 4. The molecule has 0 bridgehead atoms. The highest BCUT2D eigenvalue weighted by atomic mass is 16.6. The summed E-state index contributed by atoms with van der Waals surface area (Å²) < 4.78 is 12.2. The number of esters is 1. The van der Waals surface area contributed by atoms with Gasteiger partial charge >= 0.3 is 5.97 Å². The largest absolute Gasteiger partial charge is 0.462 e. The molecule has 11 nitrogen and oxygen atoms in total. The lowest BCUT2D eigenvalue weighted by Gasteiger charge is -2.24. The molecule has 1 saturated heterocycles. The Balaban J connectivity index is 1.82. The predicted octanol–water partition coefficient (Wildman–Crippen LogP) is -0.932. The van der Waals surface area contributed by atoms with Crippen molar-refractivity contribution in [2.45, 2.75) is 50.2 Å². The first-order chi connectivity index (χ1) is 13.7. The van der Waals surface area contributed by atoms with Crippen molar-refractivity contribution in [3.05, 3.63) is 24.2 Å². The standard InChI is InChI=1S/C18H24N6O5/c1-9(2)5-10(20)17(27)28-6-12-14(25)15(26)18(7-19,29-12)13-4-3-11-16(21)22-8-23-24(11)13/h3-4,8-10,12,14-15,25-26H,5-6,20H2,1-2H3,(H2,21,22,23)/t10-,12+,14+,15+,18-/m0/s1. The number of carbonyl (C=O) groups excluding carboxylic acids is 1. The van der Waals surface area contributed by atoms with Gasteiger partial charge in [-0.1, -0.05) is 13.8 Å². The molecule has 0 aliphatic carbocycles. The van der Waals surface area contributed by atoms with Crippen LogP contribution in [0.4, 0.5) is 5.82 Å². The Hall–Kier alpha value is -2.78. The quantitative estimate of drug-likeness (QED) is 0.439. The molecule has 0 spiro atoms. The van der Waals surface area contributed by atoms with Crippen molar-refractivity contribution >= 4 is 17.3 Å². The molecule has 6 N–H and O–H groups in total. The van der Waals surface area contributed by atoms with Crippen LogP contribution in [-0.2, 0) is 19.9 Å². The maximum atomic E-state index is 12.0. The summed E-state index contributed by atoms with van der Waals surface area (Å²) in [6.45, 7) is 3.48. The van der Waals surface area contributed by atoms with E-state index in [0.717, 1.165) is 0 Å². The number of fused-ring (bicyclic) bond motifs is 1. The summed E-state index contributed by atoms with van der Waals surface area (Å²) in [5.41, 5.74) is 10.2.